The minimum Gasteiger partial charge on any atom is -0.493 e. The fraction of sp³-hybridized carbons (Fsp3) is 0.250. The van der Waals surface area contributed by atoms with Crippen LogP contribution in [0.4, 0.5) is 5.69 Å². The van der Waals surface area contributed by atoms with Crippen molar-refractivity contribution in [3.05, 3.63) is 48.2 Å². The number of nitrogens with one attached hydrogen (secondary N) is 1. The zero-order chi connectivity index (χ0) is 18.7. The van der Waals surface area contributed by atoms with Crippen LogP contribution in [0.5, 0.6) is 17.2 Å². The molecule has 26 heavy (non-hydrogen) atoms. The first-order valence-electron chi connectivity index (χ1n) is 8.20. The summed E-state index contributed by atoms with van der Waals surface area (Å²) in [6.07, 6.45) is 2.26. The number of aryl methyl sites for hydroxylation is 1. The summed E-state index contributed by atoms with van der Waals surface area (Å²) in [6.45, 7) is 0. The van der Waals surface area contributed by atoms with Gasteiger partial charge in [0.05, 0.1) is 27.8 Å². The van der Waals surface area contributed by atoms with E-state index >= 15 is 0 Å². The first kappa shape index (κ1) is 17.7. The lowest BCUT2D eigenvalue weighted by Crippen LogP contribution is -2.14. The monoisotopic (exact) mass is 354 g/mol. The molecule has 1 amide bonds. The van der Waals surface area contributed by atoms with E-state index in [9.17, 15) is 4.79 Å². The van der Waals surface area contributed by atoms with Gasteiger partial charge in [0.25, 0.3) is 0 Å². The molecular weight excluding hydrogens is 332 g/mol. The molecule has 0 atom stereocenters. The molecule has 0 aliphatic carbocycles. The number of nitrogens with zero attached hydrogens (tertiary/aromatic N) is 1. The van der Waals surface area contributed by atoms with Gasteiger partial charge in [0.15, 0.2) is 11.5 Å². The average molecular weight is 354 g/mol. The lowest BCUT2D eigenvalue weighted by atomic mass is 10.1. The molecule has 0 aliphatic heterocycles. The quantitative estimate of drug-likeness (QED) is 0.737. The van der Waals surface area contributed by atoms with Gasteiger partial charge in [-0.05, 0) is 11.6 Å². The number of anilines is 1. The van der Waals surface area contributed by atoms with Gasteiger partial charge >= 0.3 is 0 Å². The fourth-order valence-corrected chi connectivity index (χ4v) is 3.10. The number of fused-ring (bicyclic) bond motifs is 1. The largest absolute Gasteiger partial charge is 0.493 e. The Labute approximate surface area is 152 Å². The van der Waals surface area contributed by atoms with Crippen LogP contribution < -0.4 is 19.5 Å². The van der Waals surface area contributed by atoms with Crippen LogP contribution in [0.15, 0.2) is 42.6 Å². The van der Waals surface area contributed by atoms with E-state index in [1.54, 1.807) is 33.5 Å². The highest BCUT2D eigenvalue weighted by atomic mass is 16.5. The van der Waals surface area contributed by atoms with Gasteiger partial charge < -0.3 is 24.1 Å². The van der Waals surface area contributed by atoms with Crippen molar-refractivity contribution in [2.45, 2.75) is 6.42 Å². The van der Waals surface area contributed by atoms with Crippen LogP contribution >= 0.6 is 0 Å². The highest BCUT2D eigenvalue weighted by Crippen LogP contribution is 2.40. The summed E-state index contributed by atoms with van der Waals surface area (Å²) in [7, 11) is 6.60. The van der Waals surface area contributed by atoms with Gasteiger partial charge in [-0.25, -0.2) is 0 Å². The van der Waals surface area contributed by atoms with Gasteiger partial charge in [0.2, 0.25) is 11.7 Å². The summed E-state index contributed by atoms with van der Waals surface area (Å²) in [4.78, 5) is 12.6. The van der Waals surface area contributed by atoms with Crippen molar-refractivity contribution in [1.82, 2.24) is 4.57 Å². The molecule has 6 heteroatoms. The van der Waals surface area contributed by atoms with Crippen molar-refractivity contribution in [3.63, 3.8) is 0 Å². The van der Waals surface area contributed by atoms with Gasteiger partial charge in [-0.3, -0.25) is 4.79 Å². The summed E-state index contributed by atoms with van der Waals surface area (Å²) in [5.41, 5.74) is 2.67. The molecule has 0 saturated carbocycles. The molecule has 0 radical (unpaired) electrons. The van der Waals surface area contributed by atoms with Crippen LogP contribution in [0, 0.1) is 0 Å². The maximum Gasteiger partial charge on any atom is 0.228 e. The highest BCUT2D eigenvalue weighted by Gasteiger charge is 2.15. The van der Waals surface area contributed by atoms with E-state index in [1.807, 2.05) is 42.1 Å². The summed E-state index contributed by atoms with van der Waals surface area (Å²) in [5, 5.41) is 3.98. The molecule has 136 valence electrons. The molecule has 1 heterocycles. The number of para-hydroxylation sites is 1. The minimum absolute atomic E-state index is 0.115. The second-order valence-corrected chi connectivity index (χ2v) is 5.92. The second-order valence-electron chi connectivity index (χ2n) is 5.92. The van der Waals surface area contributed by atoms with E-state index in [1.165, 1.54) is 0 Å². The maximum atomic E-state index is 12.6. The molecular formula is C20H22N2O4. The Morgan fingerprint density at radius 3 is 2.31 bits per heavy atom. The molecule has 0 unspecified atom stereocenters. The van der Waals surface area contributed by atoms with Crippen LogP contribution in [0.3, 0.4) is 0 Å². The Kier molecular flexibility index (Phi) is 5.02. The SMILES string of the molecule is COc1cc(NC(=O)Cc2cn(C)c3ccccc23)cc(OC)c1OC. The molecule has 0 aliphatic rings. The van der Waals surface area contributed by atoms with Gasteiger partial charge in [-0.1, -0.05) is 18.2 Å². The number of methoxy groups -OCH3 is 3. The lowest BCUT2D eigenvalue weighted by Gasteiger charge is -2.14. The number of benzene rings is 2. The average Bonchev–Trinajstić information content (AvgIpc) is 2.96. The topological polar surface area (TPSA) is 61.7 Å². The predicted molar refractivity (Wildman–Crippen MR) is 101 cm³/mol. The third kappa shape index (κ3) is 3.31. The van der Waals surface area contributed by atoms with Gasteiger partial charge in [0.1, 0.15) is 0 Å². The van der Waals surface area contributed by atoms with Crippen molar-refractivity contribution in [1.29, 1.82) is 0 Å². The molecule has 2 aromatic carbocycles. The number of hydrogen-bond donors (Lipinski definition) is 1. The lowest BCUT2D eigenvalue weighted by molar-refractivity contribution is -0.115. The van der Waals surface area contributed by atoms with E-state index in [0.29, 0.717) is 22.9 Å². The van der Waals surface area contributed by atoms with E-state index in [-0.39, 0.29) is 12.3 Å². The van der Waals surface area contributed by atoms with Crippen LogP contribution in [0.25, 0.3) is 10.9 Å². The van der Waals surface area contributed by atoms with Crippen molar-refractivity contribution in [3.8, 4) is 17.2 Å². The normalized spacial score (nSPS) is 10.6. The molecule has 6 nitrogen and oxygen atoms in total. The Bertz CT molecular complexity index is 921. The Hall–Kier alpha value is -3.15. The van der Waals surface area contributed by atoms with Crippen LogP contribution in [-0.2, 0) is 18.3 Å². The third-order valence-corrected chi connectivity index (χ3v) is 4.28. The Balaban J connectivity index is 1.84. The van der Waals surface area contributed by atoms with Crippen molar-refractivity contribution in [2.75, 3.05) is 26.6 Å². The predicted octanol–water partition coefficient (Wildman–Crippen LogP) is 3.39. The van der Waals surface area contributed by atoms with Crippen molar-refractivity contribution < 1.29 is 19.0 Å². The van der Waals surface area contributed by atoms with E-state index < -0.39 is 0 Å². The van der Waals surface area contributed by atoms with Crippen LogP contribution in [-0.4, -0.2) is 31.8 Å². The molecule has 1 N–H and O–H groups in total. The van der Waals surface area contributed by atoms with E-state index in [2.05, 4.69) is 5.32 Å². The van der Waals surface area contributed by atoms with Crippen molar-refractivity contribution in [2.24, 2.45) is 7.05 Å². The summed E-state index contributed by atoms with van der Waals surface area (Å²) in [5.74, 6) is 1.36. The fourth-order valence-electron chi connectivity index (χ4n) is 3.10. The molecule has 0 fully saturated rings. The first-order valence-corrected chi connectivity index (χ1v) is 8.20. The smallest absolute Gasteiger partial charge is 0.228 e. The number of carbonyl (C=O) groups excluding carboxylic acids is 1. The summed E-state index contributed by atoms with van der Waals surface area (Å²) < 4.78 is 18.0. The number of aromatic nitrogens is 1. The minimum atomic E-state index is -0.115. The molecule has 0 bridgehead atoms. The Morgan fingerprint density at radius 1 is 1.04 bits per heavy atom. The number of hydrogen-bond acceptors (Lipinski definition) is 4. The third-order valence-electron chi connectivity index (χ3n) is 4.28. The standard InChI is InChI=1S/C20H22N2O4/c1-22-12-13(15-7-5-6-8-16(15)22)9-19(23)21-14-10-17(24-2)20(26-4)18(11-14)25-3/h5-8,10-12H,9H2,1-4H3,(H,21,23). The molecule has 0 spiro atoms. The summed E-state index contributed by atoms with van der Waals surface area (Å²) in [6, 6.07) is 11.4. The number of ether oxygens (including phenoxy) is 3. The van der Waals surface area contributed by atoms with Crippen molar-refractivity contribution >= 4 is 22.5 Å². The maximum absolute atomic E-state index is 12.6. The van der Waals surface area contributed by atoms with E-state index in [0.717, 1.165) is 16.5 Å². The summed E-state index contributed by atoms with van der Waals surface area (Å²) >= 11 is 0. The van der Waals surface area contributed by atoms with E-state index in [4.69, 9.17) is 14.2 Å². The molecule has 1 aromatic heterocycles. The van der Waals surface area contributed by atoms with Gasteiger partial charge in [0, 0.05) is 42.0 Å². The van der Waals surface area contributed by atoms with Crippen LogP contribution in [0.1, 0.15) is 5.56 Å². The zero-order valence-electron chi connectivity index (χ0n) is 15.3. The second kappa shape index (κ2) is 7.39. The number of rotatable bonds is 6. The van der Waals surface area contributed by atoms with Gasteiger partial charge in [-0.2, -0.15) is 0 Å². The highest BCUT2D eigenvalue weighted by molar-refractivity contribution is 5.96. The number of carbonyl (C=O) groups is 1. The zero-order valence-corrected chi connectivity index (χ0v) is 15.3. The molecule has 3 rings (SSSR count). The molecule has 3 aromatic rings. The number of amides is 1. The first-order chi connectivity index (χ1) is 12.6. The van der Waals surface area contributed by atoms with Crippen LogP contribution in [0.2, 0.25) is 0 Å². The molecule has 0 saturated heterocycles. The van der Waals surface area contributed by atoms with Gasteiger partial charge in [-0.15, -0.1) is 0 Å². The Morgan fingerprint density at radius 2 is 1.69 bits per heavy atom.